The molecule has 1 aliphatic rings. The summed E-state index contributed by atoms with van der Waals surface area (Å²) in [6, 6.07) is 14.0. The number of rotatable bonds is 3. The average molecular weight is 349 g/mol. The van der Waals surface area contributed by atoms with Crippen molar-refractivity contribution in [2.45, 2.75) is 18.9 Å². The molecule has 1 N–H and O–H groups in total. The van der Waals surface area contributed by atoms with Crippen LogP contribution in [0.15, 0.2) is 48.5 Å². The highest BCUT2D eigenvalue weighted by atomic mass is 16.4. The van der Waals surface area contributed by atoms with E-state index in [-0.39, 0.29) is 17.5 Å². The fourth-order valence-corrected chi connectivity index (χ4v) is 3.69. The van der Waals surface area contributed by atoms with Gasteiger partial charge in [-0.1, -0.05) is 18.2 Å². The van der Waals surface area contributed by atoms with Crippen LogP contribution in [-0.4, -0.2) is 38.0 Å². The third-order valence-corrected chi connectivity index (χ3v) is 4.99. The van der Waals surface area contributed by atoms with Gasteiger partial charge in [0.25, 0.3) is 5.91 Å². The van der Waals surface area contributed by atoms with Gasteiger partial charge < -0.3 is 14.6 Å². The number of aromatic carboxylic acids is 1. The number of fused-ring (bicyclic) bond motifs is 1. The Bertz CT molecular complexity index is 1010. The van der Waals surface area contributed by atoms with Crippen LogP contribution in [0, 0.1) is 0 Å². The van der Waals surface area contributed by atoms with E-state index in [2.05, 4.69) is 0 Å². The fourth-order valence-electron chi connectivity index (χ4n) is 3.69. The molecule has 0 saturated carbocycles. The first-order valence-electron chi connectivity index (χ1n) is 8.62. The van der Waals surface area contributed by atoms with E-state index >= 15 is 0 Å². The van der Waals surface area contributed by atoms with Gasteiger partial charge in [-0.2, -0.15) is 0 Å². The monoisotopic (exact) mass is 349 g/mol. The zero-order valence-electron chi connectivity index (χ0n) is 14.4. The van der Waals surface area contributed by atoms with E-state index in [4.69, 9.17) is 10.1 Å². The summed E-state index contributed by atoms with van der Waals surface area (Å²) in [6.45, 7) is 0.643. The predicted octanol–water partition coefficient (Wildman–Crippen LogP) is 3.25. The second kappa shape index (κ2) is 6.29. The number of hydrogen-bond donors (Lipinski definition) is 1. The number of nitrogens with zero attached hydrogens (tertiary/aromatic N) is 3. The summed E-state index contributed by atoms with van der Waals surface area (Å²) in [5.41, 5.74) is 2.47. The van der Waals surface area contributed by atoms with Crippen molar-refractivity contribution in [3.05, 3.63) is 65.5 Å². The highest BCUT2D eigenvalue weighted by molar-refractivity contribution is 5.97. The summed E-state index contributed by atoms with van der Waals surface area (Å²) in [4.78, 5) is 30.8. The van der Waals surface area contributed by atoms with Crippen molar-refractivity contribution in [2.75, 3.05) is 6.54 Å². The Morgan fingerprint density at radius 1 is 1.12 bits per heavy atom. The van der Waals surface area contributed by atoms with E-state index < -0.39 is 5.97 Å². The lowest BCUT2D eigenvalue weighted by Gasteiger charge is -2.24. The third kappa shape index (κ3) is 2.63. The molecule has 1 unspecified atom stereocenters. The molecule has 4 rings (SSSR count). The van der Waals surface area contributed by atoms with Crippen LogP contribution in [-0.2, 0) is 7.05 Å². The van der Waals surface area contributed by atoms with Gasteiger partial charge in [-0.15, -0.1) is 0 Å². The Kier molecular flexibility index (Phi) is 3.95. The molecular weight excluding hydrogens is 330 g/mol. The molecule has 0 aliphatic carbocycles. The van der Waals surface area contributed by atoms with Crippen LogP contribution in [0.3, 0.4) is 0 Å². The molecule has 0 radical (unpaired) electrons. The van der Waals surface area contributed by atoms with Crippen LogP contribution in [0.5, 0.6) is 0 Å². The topological polar surface area (TPSA) is 75.4 Å². The van der Waals surface area contributed by atoms with E-state index in [9.17, 15) is 9.59 Å². The first kappa shape index (κ1) is 16.3. The zero-order valence-corrected chi connectivity index (χ0v) is 14.4. The van der Waals surface area contributed by atoms with Crippen LogP contribution in [0.2, 0.25) is 0 Å². The number of carbonyl (C=O) groups is 2. The second-order valence-electron chi connectivity index (χ2n) is 6.56. The molecule has 1 saturated heterocycles. The number of carboxylic acid groups (broad SMARTS) is 1. The van der Waals surface area contributed by atoms with Gasteiger partial charge in [0, 0.05) is 19.2 Å². The van der Waals surface area contributed by atoms with Gasteiger partial charge in [-0.05, 0) is 43.2 Å². The number of carboxylic acids is 1. The Balaban J connectivity index is 1.70. The van der Waals surface area contributed by atoms with Gasteiger partial charge in [-0.3, -0.25) is 4.79 Å². The maximum absolute atomic E-state index is 13.0. The average Bonchev–Trinajstić information content (AvgIpc) is 3.26. The first-order chi connectivity index (χ1) is 12.6. The van der Waals surface area contributed by atoms with Gasteiger partial charge in [0.05, 0.1) is 22.6 Å². The second-order valence-corrected chi connectivity index (χ2v) is 6.56. The molecule has 6 heteroatoms. The SMILES string of the molecule is Cn1c(C2CCCN2C(=O)c2cccc(C(=O)O)c2)nc2ccccc21. The highest BCUT2D eigenvalue weighted by Crippen LogP contribution is 2.34. The third-order valence-electron chi connectivity index (χ3n) is 4.99. The van der Waals surface area contributed by atoms with Crippen LogP contribution in [0.25, 0.3) is 11.0 Å². The molecule has 1 atom stereocenters. The van der Waals surface area contributed by atoms with Crippen LogP contribution in [0.4, 0.5) is 0 Å². The summed E-state index contributed by atoms with van der Waals surface area (Å²) >= 11 is 0. The number of likely N-dealkylation sites (tertiary alicyclic amines) is 1. The maximum atomic E-state index is 13.0. The zero-order chi connectivity index (χ0) is 18.3. The molecule has 0 spiro atoms. The minimum absolute atomic E-state index is 0.103. The number of carbonyl (C=O) groups excluding carboxylic acids is 1. The molecule has 132 valence electrons. The molecule has 3 aromatic rings. The minimum Gasteiger partial charge on any atom is -0.478 e. The Morgan fingerprint density at radius 3 is 2.65 bits per heavy atom. The molecule has 2 aromatic carbocycles. The van der Waals surface area contributed by atoms with Crippen molar-refractivity contribution < 1.29 is 14.7 Å². The standard InChI is InChI=1S/C20H19N3O3/c1-22-16-9-3-2-8-15(16)21-18(22)17-10-5-11-23(17)19(24)13-6-4-7-14(12-13)20(25)26/h2-4,6-9,12,17H,5,10-11H2,1H3,(H,25,26). The lowest BCUT2D eigenvalue weighted by atomic mass is 10.1. The smallest absolute Gasteiger partial charge is 0.335 e. The molecule has 1 amide bonds. The fraction of sp³-hybridized carbons (Fsp3) is 0.250. The minimum atomic E-state index is -1.03. The molecular formula is C20H19N3O3. The molecule has 1 aromatic heterocycles. The normalized spacial score (nSPS) is 17.0. The number of aryl methyl sites for hydroxylation is 1. The summed E-state index contributed by atoms with van der Waals surface area (Å²) in [6.07, 6.45) is 1.75. The highest BCUT2D eigenvalue weighted by Gasteiger charge is 2.33. The summed E-state index contributed by atoms with van der Waals surface area (Å²) in [7, 11) is 1.97. The van der Waals surface area contributed by atoms with Gasteiger partial charge in [0.1, 0.15) is 5.82 Å². The van der Waals surface area contributed by atoms with Crippen LogP contribution in [0.1, 0.15) is 45.4 Å². The van der Waals surface area contributed by atoms with E-state index in [1.54, 1.807) is 12.1 Å². The largest absolute Gasteiger partial charge is 0.478 e. The van der Waals surface area contributed by atoms with Gasteiger partial charge in [0.2, 0.25) is 0 Å². The van der Waals surface area contributed by atoms with E-state index in [0.29, 0.717) is 12.1 Å². The first-order valence-corrected chi connectivity index (χ1v) is 8.62. The quantitative estimate of drug-likeness (QED) is 0.787. The van der Waals surface area contributed by atoms with E-state index in [1.807, 2.05) is 40.8 Å². The molecule has 1 fully saturated rings. The van der Waals surface area contributed by atoms with Gasteiger partial charge >= 0.3 is 5.97 Å². The van der Waals surface area contributed by atoms with Crippen molar-refractivity contribution >= 4 is 22.9 Å². The summed E-state index contributed by atoms with van der Waals surface area (Å²) in [5, 5.41) is 9.17. The Morgan fingerprint density at radius 2 is 1.88 bits per heavy atom. The molecule has 0 bridgehead atoms. The Labute approximate surface area is 150 Å². The number of imidazole rings is 1. The summed E-state index contributed by atoms with van der Waals surface area (Å²) < 4.78 is 2.04. The number of aromatic nitrogens is 2. The van der Waals surface area contributed by atoms with Gasteiger partial charge in [-0.25, -0.2) is 9.78 Å². The van der Waals surface area contributed by atoms with Gasteiger partial charge in [0.15, 0.2) is 0 Å². The molecule has 2 heterocycles. The molecule has 26 heavy (non-hydrogen) atoms. The van der Waals surface area contributed by atoms with Crippen LogP contribution < -0.4 is 0 Å². The van der Waals surface area contributed by atoms with Crippen molar-refractivity contribution in [3.63, 3.8) is 0 Å². The number of para-hydroxylation sites is 2. The lowest BCUT2D eigenvalue weighted by Crippen LogP contribution is -2.32. The maximum Gasteiger partial charge on any atom is 0.335 e. The Hall–Kier alpha value is -3.15. The number of amides is 1. The molecule has 6 nitrogen and oxygen atoms in total. The van der Waals surface area contributed by atoms with Crippen molar-refractivity contribution in [3.8, 4) is 0 Å². The summed E-state index contributed by atoms with van der Waals surface area (Å²) in [5.74, 6) is -0.318. The van der Waals surface area contributed by atoms with E-state index in [1.165, 1.54) is 12.1 Å². The van der Waals surface area contributed by atoms with E-state index in [0.717, 1.165) is 29.7 Å². The van der Waals surface area contributed by atoms with Crippen LogP contribution >= 0.6 is 0 Å². The predicted molar refractivity (Wildman–Crippen MR) is 97.1 cm³/mol. The van der Waals surface area contributed by atoms with Crippen molar-refractivity contribution in [2.24, 2.45) is 7.05 Å². The van der Waals surface area contributed by atoms with Crippen molar-refractivity contribution in [1.29, 1.82) is 0 Å². The number of hydrogen-bond acceptors (Lipinski definition) is 3. The number of benzene rings is 2. The van der Waals surface area contributed by atoms with Crippen molar-refractivity contribution in [1.82, 2.24) is 14.5 Å². The molecule has 1 aliphatic heterocycles. The lowest BCUT2D eigenvalue weighted by molar-refractivity contribution is 0.0697.